The van der Waals surface area contributed by atoms with Crippen LogP contribution < -0.4 is 11.3 Å². The number of rotatable bonds is 3. The van der Waals surface area contributed by atoms with Crippen molar-refractivity contribution in [1.29, 1.82) is 0 Å². The number of nitro groups is 1. The summed E-state index contributed by atoms with van der Waals surface area (Å²) < 4.78 is 0. The zero-order valence-electron chi connectivity index (χ0n) is 11.3. The first-order chi connectivity index (χ1) is 9.52. The Bertz CT molecular complexity index is 532. The first kappa shape index (κ1) is 14.3. The second-order valence-corrected chi connectivity index (χ2v) is 5.13. The summed E-state index contributed by atoms with van der Waals surface area (Å²) in [5.74, 6) is 5.53. The van der Waals surface area contributed by atoms with Gasteiger partial charge >= 0.3 is 0 Å². The molecule has 0 spiro atoms. The second-order valence-electron chi connectivity index (χ2n) is 5.13. The smallest absolute Gasteiger partial charge is 0.294 e. The van der Waals surface area contributed by atoms with Gasteiger partial charge in [-0.15, -0.1) is 0 Å². The number of likely N-dealkylation sites (tertiary alicyclic amines) is 1. The quantitative estimate of drug-likeness (QED) is 0.498. The van der Waals surface area contributed by atoms with Crippen LogP contribution in [0.1, 0.15) is 30.1 Å². The molecule has 7 nitrogen and oxygen atoms in total. The number of hydrogen-bond donors (Lipinski definition) is 2. The summed E-state index contributed by atoms with van der Waals surface area (Å²) in [4.78, 5) is 24.5. The van der Waals surface area contributed by atoms with Crippen molar-refractivity contribution in [3.8, 4) is 0 Å². The predicted octanol–water partition coefficient (Wildman–Crippen LogP) is 1.75. The number of hydrogen-bond acceptors (Lipinski definition) is 5. The van der Waals surface area contributed by atoms with Crippen molar-refractivity contribution in [1.82, 2.24) is 4.90 Å². The van der Waals surface area contributed by atoms with Crippen molar-refractivity contribution in [2.24, 2.45) is 11.8 Å². The van der Waals surface area contributed by atoms with Gasteiger partial charge < -0.3 is 10.3 Å². The minimum atomic E-state index is -0.551. The number of nitro benzene ring substituents is 1. The van der Waals surface area contributed by atoms with E-state index in [1.54, 1.807) is 11.0 Å². The van der Waals surface area contributed by atoms with Gasteiger partial charge in [0.05, 0.1) is 4.92 Å². The van der Waals surface area contributed by atoms with E-state index in [1.165, 1.54) is 12.1 Å². The second kappa shape index (κ2) is 5.87. The summed E-state index contributed by atoms with van der Waals surface area (Å²) in [6, 6.07) is 4.29. The zero-order chi connectivity index (χ0) is 14.7. The Kier molecular flexibility index (Phi) is 4.19. The maximum absolute atomic E-state index is 12.4. The minimum Gasteiger partial charge on any atom is -0.338 e. The van der Waals surface area contributed by atoms with E-state index in [9.17, 15) is 14.9 Å². The van der Waals surface area contributed by atoms with E-state index in [0.717, 1.165) is 12.8 Å². The minimum absolute atomic E-state index is 0.164. The maximum Gasteiger partial charge on any atom is 0.294 e. The largest absolute Gasteiger partial charge is 0.338 e. The van der Waals surface area contributed by atoms with Crippen molar-refractivity contribution in [3.63, 3.8) is 0 Å². The molecule has 1 aromatic carbocycles. The van der Waals surface area contributed by atoms with Crippen LogP contribution in [0.2, 0.25) is 0 Å². The van der Waals surface area contributed by atoms with Gasteiger partial charge in [0.1, 0.15) is 5.69 Å². The van der Waals surface area contributed by atoms with Gasteiger partial charge in [-0.3, -0.25) is 20.8 Å². The standard InChI is InChI=1S/C13H18N4O3/c1-9-3-2-6-16(8-9)13(18)10-4-5-11(15-14)12(7-10)17(19)20/h4-5,7,9,15H,2-3,6,8,14H2,1H3. The Morgan fingerprint density at radius 3 is 2.90 bits per heavy atom. The van der Waals surface area contributed by atoms with E-state index in [4.69, 9.17) is 5.84 Å². The molecule has 108 valence electrons. The molecule has 1 aliphatic heterocycles. The molecule has 0 aliphatic carbocycles. The van der Waals surface area contributed by atoms with Gasteiger partial charge in [-0.05, 0) is 30.9 Å². The van der Waals surface area contributed by atoms with E-state index in [-0.39, 0.29) is 17.3 Å². The number of carbonyl (C=O) groups is 1. The van der Waals surface area contributed by atoms with Gasteiger partial charge in [0.2, 0.25) is 0 Å². The van der Waals surface area contributed by atoms with Gasteiger partial charge in [-0.1, -0.05) is 6.92 Å². The van der Waals surface area contributed by atoms with Gasteiger partial charge in [0, 0.05) is 24.7 Å². The van der Waals surface area contributed by atoms with Crippen molar-refractivity contribution in [2.45, 2.75) is 19.8 Å². The van der Waals surface area contributed by atoms with Gasteiger partial charge in [0.15, 0.2) is 0 Å². The number of piperidine rings is 1. The number of nitrogen functional groups attached to an aromatic ring is 1. The summed E-state index contributed by atoms with van der Waals surface area (Å²) in [6.07, 6.45) is 2.08. The van der Waals surface area contributed by atoms with E-state index >= 15 is 0 Å². The average molecular weight is 278 g/mol. The third-order valence-corrected chi connectivity index (χ3v) is 3.54. The Balaban J connectivity index is 2.26. The number of hydrazine groups is 1. The summed E-state index contributed by atoms with van der Waals surface area (Å²) >= 11 is 0. The van der Waals surface area contributed by atoms with E-state index in [2.05, 4.69) is 12.3 Å². The number of nitrogens with zero attached hydrogens (tertiary/aromatic N) is 2. The molecule has 3 N–H and O–H groups in total. The molecule has 1 heterocycles. The third-order valence-electron chi connectivity index (χ3n) is 3.54. The summed E-state index contributed by atoms with van der Waals surface area (Å²) in [5.41, 5.74) is 2.59. The fourth-order valence-corrected chi connectivity index (χ4v) is 2.49. The molecule has 1 unspecified atom stereocenters. The molecule has 1 fully saturated rings. The fourth-order valence-electron chi connectivity index (χ4n) is 2.49. The Hall–Kier alpha value is -2.15. The first-order valence-electron chi connectivity index (χ1n) is 6.57. The highest BCUT2D eigenvalue weighted by atomic mass is 16.6. The Morgan fingerprint density at radius 1 is 1.55 bits per heavy atom. The highest BCUT2D eigenvalue weighted by molar-refractivity contribution is 5.95. The van der Waals surface area contributed by atoms with Crippen LogP contribution in [0.4, 0.5) is 11.4 Å². The molecular weight excluding hydrogens is 260 g/mol. The maximum atomic E-state index is 12.4. The fraction of sp³-hybridized carbons (Fsp3) is 0.462. The van der Waals surface area contributed by atoms with Crippen LogP contribution in [0.3, 0.4) is 0 Å². The molecule has 1 saturated heterocycles. The van der Waals surface area contributed by atoms with Crippen LogP contribution in [0.25, 0.3) is 0 Å². The number of anilines is 1. The zero-order valence-corrected chi connectivity index (χ0v) is 11.3. The van der Waals surface area contributed by atoms with Gasteiger partial charge in [0.25, 0.3) is 11.6 Å². The lowest BCUT2D eigenvalue weighted by Gasteiger charge is -2.31. The Morgan fingerprint density at radius 2 is 2.30 bits per heavy atom. The van der Waals surface area contributed by atoms with Crippen LogP contribution >= 0.6 is 0 Å². The van der Waals surface area contributed by atoms with Gasteiger partial charge in [-0.25, -0.2) is 0 Å². The van der Waals surface area contributed by atoms with Crippen molar-refractivity contribution in [2.75, 3.05) is 18.5 Å². The van der Waals surface area contributed by atoms with Crippen molar-refractivity contribution in [3.05, 3.63) is 33.9 Å². The Labute approximate surface area is 116 Å². The molecule has 0 saturated carbocycles. The molecule has 20 heavy (non-hydrogen) atoms. The number of nitrogens with two attached hydrogens (primary N) is 1. The summed E-state index contributed by atoms with van der Waals surface area (Å²) in [6.45, 7) is 3.50. The molecule has 7 heteroatoms. The van der Waals surface area contributed by atoms with E-state index in [0.29, 0.717) is 24.6 Å². The number of nitrogens with one attached hydrogen (secondary N) is 1. The van der Waals surface area contributed by atoms with Gasteiger partial charge in [-0.2, -0.15) is 0 Å². The molecule has 0 radical (unpaired) electrons. The number of carbonyl (C=O) groups excluding carboxylic acids is 1. The third kappa shape index (κ3) is 2.88. The molecule has 0 aromatic heterocycles. The molecule has 1 amide bonds. The normalized spacial score (nSPS) is 18.7. The lowest BCUT2D eigenvalue weighted by atomic mass is 9.99. The predicted molar refractivity (Wildman–Crippen MR) is 75.2 cm³/mol. The van der Waals surface area contributed by atoms with Crippen LogP contribution in [0, 0.1) is 16.0 Å². The SMILES string of the molecule is CC1CCCN(C(=O)c2ccc(NN)c([N+](=O)[O-])c2)C1. The average Bonchev–Trinajstić information content (AvgIpc) is 2.45. The van der Waals surface area contributed by atoms with Crippen LogP contribution in [0.15, 0.2) is 18.2 Å². The monoisotopic (exact) mass is 278 g/mol. The lowest BCUT2D eigenvalue weighted by molar-refractivity contribution is -0.384. The summed E-state index contributed by atoms with van der Waals surface area (Å²) in [7, 11) is 0. The number of amides is 1. The van der Waals surface area contributed by atoms with Crippen LogP contribution in [0.5, 0.6) is 0 Å². The molecule has 1 aromatic rings. The van der Waals surface area contributed by atoms with Crippen molar-refractivity contribution >= 4 is 17.3 Å². The lowest BCUT2D eigenvalue weighted by Crippen LogP contribution is -2.39. The first-order valence-corrected chi connectivity index (χ1v) is 6.57. The van der Waals surface area contributed by atoms with Crippen molar-refractivity contribution < 1.29 is 9.72 Å². The number of benzene rings is 1. The molecule has 0 bridgehead atoms. The molecule has 2 rings (SSSR count). The van der Waals surface area contributed by atoms with Crippen LogP contribution in [-0.2, 0) is 0 Å². The molecule has 1 atom stereocenters. The van der Waals surface area contributed by atoms with Crippen LogP contribution in [-0.4, -0.2) is 28.8 Å². The molecular formula is C13H18N4O3. The topological polar surface area (TPSA) is 102 Å². The van der Waals surface area contributed by atoms with E-state index < -0.39 is 4.92 Å². The van der Waals surface area contributed by atoms with E-state index in [1.807, 2.05) is 0 Å². The highest BCUT2D eigenvalue weighted by Gasteiger charge is 2.24. The highest BCUT2D eigenvalue weighted by Crippen LogP contribution is 2.26. The molecule has 1 aliphatic rings. The summed E-state index contributed by atoms with van der Waals surface area (Å²) in [5, 5.41) is 11.0.